The summed E-state index contributed by atoms with van der Waals surface area (Å²) in [5.41, 5.74) is 2.65. The van der Waals surface area contributed by atoms with Gasteiger partial charge < -0.3 is 9.80 Å². The number of fused-ring (bicyclic) bond motifs is 1. The van der Waals surface area contributed by atoms with Gasteiger partial charge in [-0.2, -0.15) is 0 Å². The predicted octanol–water partition coefficient (Wildman–Crippen LogP) is 5.19. The van der Waals surface area contributed by atoms with Gasteiger partial charge in [-0.25, -0.2) is 4.39 Å². The van der Waals surface area contributed by atoms with Crippen molar-refractivity contribution in [3.05, 3.63) is 59.7 Å². The number of piperidine rings is 1. The molecular weight excluding hydrogens is 383 g/mol. The maximum absolute atomic E-state index is 15.5. The van der Waals surface area contributed by atoms with Gasteiger partial charge in [-0.3, -0.25) is 9.98 Å². The van der Waals surface area contributed by atoms with Crippen molar-refractivity contribution < 1.29 is 4.39 Å². The Balaban J connectivity index is 1.52. The SMILES string of the molecule is CC[C@H]1CSC2=N[C@H](c3ccccn3)[C@@H](c3ccc(N4CCCCC4)cc3F)N21. The summed E-state index contributed by atoms with van der Waals surface area (Å²) in [6.45, 7) is 4.24. The van der Waals surface area contributed by atoms with Crippen LogP contribution in [0.4, 0.5) is 10.1 Å². The van der Waals surface area contributed by atoms with Crippen molar-refractivity contribution in [3.63, 3.8) is 0 Å². The van der Waals surface area contributed by atoms with Gasteiger partial charge in [-0.1, -0.05) is 30.8 Å². The molecule has 0 bridgehead atoms. The first-order chi connectivity index (χ1) is 14.3. The van der Waals surface area contributed by atoms with Crippen molar-refractivity contribution in [1.82, 2.24) is 9.88 Å². The Labute approximate surface area is 176 Å². The highest BCUT2D eigenvalue weighted by molar-refractivity contribution is 8.14. The van der Waals surface area contributed by atoms with E-state index in [0.717, 1.165) is 47.4 Å². The number of hydrogen-bond acceptors (Lipinski definition) is 5. The van der Waals surface area contributed by atoms with Crippen LogP contribution in [0.2, 0.25) is 0 Å². The van der Waals surface area contributed by atoms with E-state index < -0.39 is 0 Å². The van der Waals surface area contributed by atoms with E-state index in [-0.39, 0.29) is 17.9 Å². The highest BCUT2D eigenvalue weighted by Crippen LogP contribution is 2.49. The Morgan fingerprint density at radius 3 is 2.72 bits per heavy atom. The number of aliphatic imine (C=N–C) groups is 1. The first kappa shape index (κ1) is 18.9. The predicted molar refractivity (Wildman–Crippen MR) is 118 cm³/mol. The summed E-state index contributed by atoms with van der Waals surface area (Å²) < 4.78 is 15.5. The monoisotopic (exact) mass is 410 g/mol. The molecule has 0 radical (unpaired) electrons. The second-order valence-electron chi connectivity index (χ2n) is 8.09. The lowest BCUT2D eigenvalue weighted by molar-refractivity contribution is 0.250. The Hall–Kier alpha value is -2.08. The van der Waals surface area contributed by atoms with E-state index in [1.165, 1.54) is 19.3 Å². The van der Waals surface area contributed by atoms with Crippen molar-refractivity contribution in [2.45, 2.75) is 50.7 Å². The number of rotatable bonds is 4. The van der Waals surface area contributed by atoms with Crippen LogP contribution in [-0.4, -0.2) is 39.9 Å². The average molecular weight is 411 g/mol. The van der Waals surface area contributed by atoms with Crippen LogP contribution >= 0.6 is 11.8 Å². The fourth-order valence-corrected chi connectivity index (χ4v) is 6.13. The van der Waals surface area contributed by atoms with Gasteiger partial charge in [0, 0.05) is 42.3 Å². The number of thioether (sulfide) groups is 1. The summed E-state index contributed by atoms with van der Waals surface area (Å²) in [6, 6.07) is 11.8. The summed E-state index contributed by atoms with van der Waals surface area (Å²) in [7, 11) is 0. The molecule has 0 unspecified atom stereocenters. The minimum atomic E-state index is -0.164. The second kappa shape index (κ2) is 7.98. The fourth-order valence-electron chi connectivity index (χ4n) is 4.79. The van der Waals surface area contributed by atoms with Crippen molar-refractivity contribution >= 4 is 22.6 Å². The second-order valence-corrected chi connectivity index (χ2v) is 9.08. The quantitative estimate of drug-likeness (QED) is 0.694. The first-order valence-electron chi connectivity index (χ1n) is 10.7. The molecule has 0 aliphatic carbocycles. The van der Waals surface area contributed by atoms with Gasteiger partial charge in [0.15, 0.2) is 5.17 Å². The molecule has 0 N–H and O–H groups in total. The number of benzene rings is 1. The van der Waals surface area contributed by atoms with Crippen LogP contribution < -0.4 is 4.90 Å². The normalized spacial score (nSPS) is 26.6. The molecule has 0 amide bonds. The fraction of sp³-hybridized carbons (Fsp3) is 0.478. The summed E-state index contributed by atoms with van der Waals surface area (Å²) in [5, 5.41) is 1.04. The molecule has 6 heteroatoms. The van der Waals surface area contributed by atoms with E-state index in [0.29, 0.717) is 6.04 Å². The van der Waals surface area contributed by atoms with E-state index in [1.807, 2.05) is 24.3 Å². The minimum absolute atomic E-state index is 0.123. The van der Waals surface area contributed by atoms with Gasteiger partial charge in [0.2, 0.25) is 0 Å². The lowest BCUT2D eigenvalue weighted by Gasteiger charge is -2.33. The molecule has 3 aliphatic heterocycles. The maximum atomic E-state index is 15.5. The summed E-state index contributed by atoms with van der Waals surface area (Å²) in [6.07, 6.45) is 6.49. The third-order valence-corrected chi connectivity index (χ3v) is 7.48. The summed E-state index contributed by atoms with van der Waals surface area (Å²) in [5.74, 6) is 0.899. The lowest BCUT2D eigenvalue weighted by Crippen LogP contribution is -2.36. The molecule has 2 saturated heterocycles. The molecule has 2 fully saturated rings. The first-order valence-corrected chi connectivity index (χ1v) is 11.7. The molecule has 2 aromatic rings. The summed E-state index contributed by atoms with van der Waals surface area (Å²) >= 11 is 1.79. The molecule has 3 atom stereocenters. The molecule has 0 spiro atoms. The van der Waals surface area contributed by atoms with Crippen molar-refractivity contribution in [2.24, 2.45) is 4.99 Å². The van der Waals surface area contributed by atoms with Crippen molar-refractivity contribution in [1.29, 1.82) is 0 Å². The molecule has 4 nitrogen and oxygen atoms in total. The number of pyridine rings is 1. The third-order valence-electron chi connectivity index (χ3n) is 6.35. The minimum Gasteiger partial charge on any atom is -0.371 e. The van der Waals surface area contributed by atoms with E-state index >= 15 is 4.39 Å². The summed E-state index contributed by atoms with van der Waals surface area (Å²) in [4.78, 5) is 14.2. The highest BCUT2D eigenvalue weighted by Gasteiger charge is 2.46. The molecule has 1 aromatic carbocycles. The number of halogens is 1. The zero-order chi connectivity index (χ0) is 19.8. The Kier molecular flexibility index (Phi) is 5.20. The number of amidine groups is 1. The van der Waals surface area contributed by atoms with Crippen LogP contribution in [0.3, 0.4) is 0 Å². The van der Waals surface area contributed by atoms with E-state index in [9.17, 15) is 0 Å². The number of nitrogens with zero attached hydrogens (tertiary/aromatic N) is 4. The molecule has 29 heavy (non-hydrogen) atoms. The van der Waals surface area contributed by atoms with Gasteiger partial charge in [0.25, 0.3) is 0 Å². The number of anilines is 1. The van der Waals surface area contributed by atoms with Crippen molar-refractivity contribution in [2.75, 3.05) is 23.7 Å². The molecule has 1 aromatic heterocycles. The van der Waals surface area contributed by atoms with Crippen LogP contribution in [0.15, 0.2) is 47.6 Å². The van der Waals surface area contributed by atoms with E-state index in [1.54, 1.807) is 24.0 Å². The smallest absolute Gasteiger partial charge is 0.160 e. The molecule has 152 valence electrons. The van der Waals surface area contributed by atoms with Crippen LogP contribution in [0, 0.1) is 5.82 Å². The van der Waals surface area contributed by atoms with Crippen LogP contribution in [0.1, 0.15) is 55.9 Å². The number of aromatic nitrogens is 1. The zero-order valence-electron chi connectivity index (χ0n) is 16.8. The van der Waals surface area contributed by atoms with Crippen LogP contribution in [0.25, 0.3) is 0 Å². The van der Waals surface area contributed by atoms with Crippen molar-refractivity contribution in [3.8, 4) is 0 Å². The molecule has 5 rings (SSSR count). The Morgan fingerprint density at radius 1 is 1.14 bits per heavy atom. The molecule has 3 aliphatic rings. The topological polar surface area (TPSA) is 31.7 Å². The lowest BCUT2D eigenvalue weighted by atomic mass is 9.94. The van der Waals surface area contributed by atoms with Gasteiger partial charge in [0.05, 0.1) is 11.7 Å². The van der Waals surface area contributed by atoms with Gasteiger partial charge in [-0.15, -0.1) is 0 Å². The van der Waals surface area contributed by atoms with Gasteiger partial charge in [0.1, 0.15) is 11.9 Å². The maximum Gasteiger partial charge on any atom is 0.160 e. The Bertz CT molecular complexity index is 897. The van der Waals surface area contributed by atoms with Gasteiger partial charge >= 0.3 is 0 Å². The van der Waals surface area contributed by atoms with E-state index in [4.69, 9.17) is 4.99 Å². The highest BCUT2D eigenvalue weighted by atomic mass is 32.2. The third kappa shape index (κ3) is 3.41. The van der Waals surface area contributed by atoms with Crippen LogP contribution in [0.5, 0.6) is 0 Å². The average Bonchev–Trinajstić information content (AvgIpc) is 3.34. The van der Waals surface area contributed by atoms with Gasteiger partial charge in [-0.05, 0) is 49.9 Å². The van der Waals surface area contributed by atoms with E-state index in [2.05, 4.69) is 27.8 Å². The standard InChI is InChI=1S/C23H27FN4S/c1-2-16-15-29-23-26-21(20-8-4-5-11-25-20)22(28(16)23)18-10-9-17(14-19(18)24)27-12-6-3-7-13-27/h4-5,8-11,14,16,21-22H,2-3,6-7,12-13,15H2,1H3/t16-,21+,22+/m0/s1. The molecule has 4 heterocycles. The Morgan fingerprint density at radius 2 is 2.00 bits per heavy atom. The number of hydrogen-bond donors (Lipinski definition) is 0. The molecule has 0 saturated carbocycles. The zero-order valence-corrected chi connectivity index (χ0v) is 17.6. The van der Waals surface area contributed by atoms with Crippen LogP contribution in [-0.2, 0) is 0 Å². The largest absolute Gasteiger partial charge is 0.371 e. The molecular formula is C23H27FN4S.